The number of H-pyrrole nitrogens is 1. The van der Waals surface area contributed by atoms with Crippen LogP contribution in [0.2, 0.25) is 0 Å². The summed E-state index contributed by atoms with van der Waals surface area (Å²) in [5, 5.41) is 3.84. The minimum Gasteiger partial charge on any atom is -0.356 e. The number of fused-ring (bicyclic) bond motifs is 2. The molecule has 0 aliphatic heterocycles. The molecule has 5 nitrogen and oxygen atoms in total. The topological polar surface area (TPSA) is 70.7 Å². The molecule has 0 spiro atoms. The van der Waals surface area contributed by atoms with Crippen LogP contribution in [0.4, 0.5) is 4.39 Å². The van der Waals surface area contributed by atoms with Crippen LogP contribution in [0.5, 0.6) is 0 Å². The summed E-state index contributed by atoms with van der Waals surface area (Å²) in [5.41, 5.74) is 5.48. The zero-order valence-electron chi connectivity index (χ0n) is 15.1. The Kier molecular flexibility index (Phi) is 4.32. The minimum atomic E-state index is -0.258. The van der Waals surface area contributed by atoms with Gasteiger partial charge in [0.15, 0.2) is 0 Å². The molecule has 6 heteroatoms. The lowest BCUT2D eigenvalue weighted by Gasteiger charge is -2.07. The summed E-state index contributed by atoms with van der Waals surface area (Å²) >= 11 is 0. The number of aromatic amines is 1. The SMILES string of the molecule is Cc1[nH]c2c(F)ccc(C)c2c1CCNC(=O)c1ccc2nccnc2c1. The normalized spacial score (nSPS) is 11.2. The zero-order chi connectivity index (χ0) is 19.0. The Bertz CT molecular complexity index is 1170. The van der Waals surface area contributed by atoms with Crippen molar-refractivity contribution in [1.29, 1.82) is 0 Å². The first-order valence-corrected chi connectivity index (χ1v) is 8.80. The van der Waals surface area contributed by atoms with Gasteiger partial charge >= 0.3 is 0 Å². The van der Waals surface area contributed by atoms with Gasteiger partial charge in [-0.2, -0.15) is 0 Å². The molecule has 2 heterocycles. The molecule has 4 rings (SSSR count). The fourth-order valence-electron chi connectivity index (χ4n) is 3.46. The van der Waals surface area contributed by atoms with E-state index >= 15 is 0 Å². The van der Waals surface area contributed by atoms with Gasteiger partial charge < -0.3 is 10.3 Å². The van der Waals surface area contributed by atoms with E-state index in [1.165, 1.54) is 6.07 Å². The molecule has 4 aromatic rings. The maximum absolute atomic E-state index is 14.0. The first-order valence-electron chi connectivity index (χ1n) is 8.80. The summed E-state index contributed by atoms with van der Waals surface area (Å²) in [4.78, 5) is 24.0. The monoisotopic (exact) mass is 362 g/mol. The number of benzene rings is 2. The van der Waals surface area contributed by atoms with Gasteiger partial charge in [0.1, 0.15) is 5.82 Å². The Hall–Kier alpha value is -3.28. The number of carbonyl (C=O) groups is 1. The third kappa shape index (κ3) is 3.14. The number of aryl methyl sites for hydroxylation is 2. The molecule has 0 fully saturated rings. The third-order valence-corrected chi connectivity index (χ3v) is 4.82. The number of halogens is 1. The molecular weight excluding hydrogens is 343 g/mol. The Morgan fingerprint density at radius 2 is 1.89 bits per heavy atom. The fourth-order valence-corrected chi connectivity index (χ4v) is 3.46. The molecule has 0 saturated carbocycles. The highest BCUT2D eigenvalue weighted by Crippen LogP contribution is 2.27. The molecule has 2 aromatic heterocycles. The average Bonchev–Trinajstić information content (AvgIpc) is 3.02. The number of nitrogens with zero attached hydrogens (tertiary/aromatic N) is 2. The van der Waals surface area contributed by atoms with E-state index in [0.717, 1.165) is 27.7 Å². The molecule has 0 atom stereocenters. The van der Waals surface area contributed by atoms with E-state index < -0.39 is 0 Å². The van der Waals surface area contributed by atoms with E-state index in [-0.39, 0.29) is 11.7 Å². The van der Waals surface area contributed by atoms with Gasteiger partial charge in [-0.1, -0.05) is 6.07 Å². The molecule has 0 saturated heterocycles. The number of nitrogens with one attached hydrogen (secondary N) is 2. The van der Waals surface area contributed by atoms with Crippen LogP contribution in [0.25, 0.3) is 21.9 Å². The number of carbonyl (C=O) groups excluding carboxylic acids is 1. The van der Waals surface area contributed by atoms with Crippen LogP contribution in [0, 0.1) is 19.7 Å². The molecular formula is C21H19FN4O. The highest BCUT2D eigenvalue weighted by molar-refractivity contribution is 5.97. The second kappa shape index (κ2) is 6.79. The first kappa shape index (κ1) is 17.1. The lowest BCUT2D eigenvalue weighted by atomic mass is 10.0. The van der Waals surface area contributed by atoms with Gasteiger partial charge in [0.2, 0.25) is 0 Å². The fraction of sp³-hybridized carbons (Fsp3) is 0.190. The highest BCUT2D eigenvalue weighted by atomic mass is 19.1. The van der Waals surface area contributed by atoms with Crippen molar-refractivity contribution in [2.45, 2.75) is 20.3 Å². The number of hydrogen-bond acceptors (Lipinski definition) is 3. The van der Waals surface area contributed by atoms with Crippen LogP contribution in [-0.4, -0.2) is 27.4 Å². The van der Waals surface area contributed by atoms with E-state index in [2.05, 4.69) is 20.3 Å². The lowest BCUT2D eigenvalue weighted by Crippen LogP contribution is -2.25. The van der Waals surface area contributed by atoms with E-state index in [1.54, 1.807) is 36.7 Å². The molecule has 2 aromatic carbocycles. The maximum Gasteiger partial charge on any atom is 0.251 e. The van der Waals surface area contributed by atoms with Crippen molar-refractivity contribution in [1.82, 2.24) is 20.3 Å². The van der Waals surface area contributed by atoms with Crippen LogP contribution in [0.1, 0.15) is 27.2 Å². The lowest BCUT2D eigenvalue weighted by molar-refractivity contribution is 0.0954. The van der Waals surface area contributed by atoms with Gasteiger partial charge in [0, 0.05) is 35.6 Å². The number of amides is 1. The van der Waals surface area contributed by atoms with E-state index in [4.69, 9.17) is 0 Å². The Labute approximate surface area is 155 Å². The van der Waals surface area contributed by atoms with Gasteiger partial charge in [0.25, 0.3) is 5.91 Å². The highest BCUT2D eigenvalue weighted by Gasteiger charge is 2.14. The van der Waals surface area contributed by atoms with Crippen molar-refractivity contribution >= 4 is 27.8 Å². The van der Waals surface area contributed by atoms with Crippen molar-refractivity contribution < 1.29 is 9.18 Å². The molecule has 0 bridgehead atoms. The van der Waals surface area contributed by atoms with Crippen LogP contribution in [-0.2, 0) is 6.42 Å². The zero-order valence-corrected chi connectivity index (χ0v) is 15.1. The summed E-state index contributed by atoms with van der Waals surface area (Å²) in [6.07, 6.45) is 3.84. The standard InChI is InChI=1S/C21H19FN4O/c1-12-3-5-16(22)20-19(12)15(13(2)26-20)7-8-25-21(27)14-4-6-17-18(11-14)24-10-9-23-17/h3-6,9-11,26H,7-8H2,1-2H3,(H,25,27). The van der Waals surface area contributed by atoms with Gasteiger partial charge in [0.05, 0.1) is 16.6 Å². The maximum atomic E-state index is 14.0. The van der Waals surface area contributed by atoms with Gasteiger partial charge in [-0.15, -0.1) is 0 Å². The van der Waals surface area contributed by atoms with E-state index in [9.17, 15) is 9.18 Å². The first-order chi connectivity index (χ1) is 13.0. The largest absolute Gasteiger partial charge is 0.356 e. The molecule has 0 aliphatic carbocycles. The summed E-state index contributed by atoms with van der Waals surface area (Å²) in [6.45, 7) is 4.35. The second-order valence-electron chi connectivity index (χ2n) is 6.61. The van der Waals surface area contributed by atoms with Crippen LogP contribution >= 0.6 is 0 Å². The quantitative estimate of drug-likeness (QED) is 0.579. The van der Waals surface area contributed by atoms with Crippen molar-refractivity contribution in [3.05, 3.63) is 70.9 Å². The number of aromatic nitrogens is 3. The third-order valence-electron chi connectivity index (χ3n) is 4.82. The summed E-state index contributed by atoms with van der Waals surface area (Å²) in [7, 11) is 0. The van der Waals surface area contributed by atoms with Gasteiger partial charge in [-0.3, -0.25) is 14.8 Å². The van der Waals surface area contributed by atoms with Crippen molar-refractivity contribution in [3.8, 4) is 0 Å². The van der Waals surface area contributed by atoms with Gasteiger partial charge in [-0.05, 0) is 55.7 Å². The Morgan fingerprint density at radius 3 is 2.70 bits per heavy atom. The van der Waals surface area contributed by atoms with Crippen molar-refractivity contribution in [3.63, 3.8) is 0 Å². The predicted octanol–water partition coefficient (Wildman–Crippen LogP) is 3.84. The summed E-state index contributed by atoms with van der Waals surface area (Å²) in [5.74, 6) is -0.422. The second-order valence-corrected chi connectivity index (χ2v) is 6.61. The molecule has 1 amide bonds. The molecule has 2 N–H and O–H groups in total. The van der Waals surface area contributed by atoms with Crippen LogP contribution in [0.15, 0.2) is 42.7 Å². The Balaban J connectivity index is 1.51. The molecule has 136 valence electrons. The van der Waals surface area contributed by atoms with Crippen molar-refractivity contribution in [2.75, 3.05) is 6.54 Å². The van der Waals surface area contributed by atoms with Gasteiger partial charge in [-0.25, -0.2) is 4.39 Å². The number of hydrogen-bond donors (Lipinski definition) is 2. The van der Waals surface area contributed by atoms with Crippen LogP contribution < -0.4 is 5.32 Å². The van der Waals surface area contributed by atoms with Crippen LogP contribution in [0.3, 0.4) is 0 Å². The van der Waals surface area contributed by atoms with E-state index in [0.29, 0.717) is 29.6 Å². The average molecular weight is 362 g/mol. The smallest absolute Gasteiger partial charge is 0.251 e. The summed E-state index contributed by atoms with van der Waals surface area (Å²) in [6, 6.07) is 8.51. The van der Waals surface area contributed by atoms with Crippen molar-refractivity contribution in [2.24, 2.45) is 0 Å². The van der Waals surface area contributed by atoms with E-state index in [1.807, 2.05) is 13.8 Å². The Morgan fingerprint density at radius 1 is 1.11 bits per heavy atom. The minimum absolute atomic E-state index is 0.164. The molecule has 0 aliphatic rings. The summed E-state index contributed by atoms with van der Waals surface area (Å²) < 4.78 is 14.0. The predicted molar refractivity (Wildman–Crippen MR) is 103 cm³/mol. The molecule has 27 heavy (non-hydrogen) atoms. The number of rotatable bonds is 4. The molecule has 0 radical (unpaired) electrons. The molecule has 0 unspecified atom stereocenters.